The molecule has 2 rings (SSSR count). The van der Waals surface area contributed by atoms with E-state index in [9.17, 15) is 0 Å². The molecule has 0 bridgehead atoms. The first-order valence-corrected chi connectivity index (χ1v) is 4.71. The Labute approximate surface area is 78.6 Å². The lowest BCUT2D eigenvalue weighted by molar-refractivity contribution is 0.363. The quantitative estimate of drug-likeness (QED) is 0.704. The largest absolute Gasteiger partial charge is 0.314 e. The fourth-order valence-corrected chi connectivity index (χ4v) is 1.38. The normalized spacial score (nSPS) is 17.0. The van der Waals surface area contributed by atoms with Gasteiger partial charge in [-0.15, -0.1) is 0 Å². The van der Waals surface area contributed by atoms with Crippen molar-refractivity contribution >= 4 is 0 Å². The van der Waals surface area contributed by atoms with Crippen LogP contribution in [0.15, 0.2) is 18.3 Å². The summed E-state index contributed by atoms with van der Waals surface area (Å²) in [7, 11) is 0. The van der Waals surface area contributed by atoms with E-state index in [2.05, 4.69) is 28.6 Å². The Morgan fingerprint density at radius 3 is 3.08 bits per heavy atom. The van der Waals surface area contributed by atoms with E-state index < -0.39 is 0 Å². The molecular formula is C10H15N3. The first-order valence-electron chi connectivity index (χ1n) is 4.71. The summed E-state index contributed by atoms with van der Waals surface area (Å²) in [5, 5.41) is 6.68. The van der Waals surface area contributed by atoms with E-state index >= 15 is 0 Å². The highest BCUT2D eigenvalue weighted by Gasteiger charge is 2.15. The number of rotatable bonds is 3. The van der Waals surface area contributed by atoms with Gasteiger partial charge in [-0.1, -0.05) is 6.07 Å². The molecule has 13 heavy (non-hydrogen) atoms. The second kappa shape index (κ2) is 3.85. The number of aromatic nitrogens is 1. The number of aryl methyl sites for hydroxylation is 1. The first kappa shape index (κ1) is 8.66. The van der Waals surface area contributed by atoms with Crippen LogP contribution in [0.4, 0.5) is 0 Å². The maximum absolute atomic E-state index is 4.33. The smallest absolute Gasteiger partial charge is 0.0570 e. The Balaban J connectivity index is 1.89. The Kier molecular flexibility index (Phi) is 2.57. The van der Waals surface area contributed by atoms with Crippen LogP contribution >= 0.6 is 0 Å². The molecule has 1 aliphatic rings. The molecule has 0 atom stereocenters. The van der Waals surface area contributed by atoms with Crippen LogP contribution < -0.4 is 10.6 Å². The summed E-state index contributed by atoms with van der Waals surface area (Å²) in [6, 6.07) is 4.72. The van der Waals surface area contributed by atoms with Crippen molar-refractivity contribution in [3.8, 4) is 0 Å². The van der Waals surface area contributed by atoms with Crippen LogP contribution in [-0.2, 0) is 6.54 Å². The van der Waals surface area contributed by atoms with E-state index in [1.165, 1.54) is 5.56 Å². The predicted octanol–water partition coefficient (Wildman–Crippen LogP) is 0.451. The average Bonchev–Trinajstić information content (AvgIpc) is 2.05. The van der Waals surface area contributed by atoms with Gasteiger partial charge in [-0.05, 0) is 18.6 Å². The number of hydrogen-bond donors (Lipinski definition) is 2. The third kappa shape index (κ3) is 2.05. The molecule has 0 spiro atoms. The summed E-state index contributed by atoms with van der Waals surface area (Å²) >= 11 is 0. The molecule has 1 aromatic heterocycles. The molecule has 1 saturated heterocycles. The Morgan fingerprint density at radius 2 is 2.46 bits per heavy atom. The van der Waals surface area contributed by atoms with Crippen LogP contribution in [0.25, 0.3) is 0 Å². The van der Waals surface area contributed by atoms with Crippen molar-refractivity contribution in [2.45, 2.75) is 19.5 Å². The van der Waals surface area contributed by atoms with Gasteiger partial charge in [0.1, 0.15) is 0 Å². The third-order valence-electron chi connectivity index (χ3n) is 2.46. The first-order chi connectivity index (χ1) is 6.36. The van der Waals surface area contributed by atoms with Gasteiger partial charge in [0.15, 0.2) is 0 Å². The summed E-state index contributed by atoms with van der Waals surface area (Å²) in [4.78, 5) is 4.33. The van der Waals surface area contributed by atoms with Crippen LogP contribution in [0.1, 0.15) is 11.3 Å². The topological polar surface area (TPSA) is 37.0 Å². The molecule has 3 nitrogen and oxygen atoms in total. The van der Waals surface area contributed by atoms with Gasteiger partial charge < -0.3 is 10.6 Å². The molecule has 0 amide bonds. The molecule has 0 radical (unpaired) electrons. The molecule has 0 aliphatic carbocycles. The van der Waals surface area contributed by atoms with Crippen molar-refractivity contribution in [1.82, 2.24) is 15.6 Å². The summed E-state index contributed by atoms with van der Waals surface area (Å²) in [5.74, 6) is 0. The number of pyridine rings is 1. The van der Waals surface area contributed by atoms with Crippen molar-refractivity contribution in [3.05, 3.63) is 29.6 Å². The van der Waals surface area contributed by atoms with Crippen molar-refractivity contribution in [2.24, 2.45) is 0 Å². The standard InChI is InChI=1S/C10H15N3/c1-8-3-2-4-12-10(8)7-13-9-5-11-6-9/h2-4,9,11,13H,5-7H2,1H3. The molecule has 1 fully saturated rings. The minimum atomic E-state index is 0.640. The fraction of sp³-hybridized carbons (Fsp3) is 0.500. The lowest BCUT2D eigenvalue weighted by Crippen LogP contribution is -2.55. The van der Waals surface area contributed by atoms with Gasteiger partial charge in [0.2, 0.25) is 0 Å². The van der Waals surface area contributed by atoms with Gasteiger partial charge in [-0.25, -0.2) is 0 Å². The van der Waals surface area contributed by atoms with E-state index in [-0.39, 0.29) is 0 Å². The van der Waals surface area contributed by atoms with Gasteiger partial charge >= 0.3 is 0 Å². The monoisotopic (exact) mass is 177 g/mol. The third-order valence-corrected chi connectivity index (χ3v) is 2.46. The summed E-state index contributed by atoms with van der Waals surface area (Å²) in [6.07, 6.45) is 1.85. The number of nitrogens with one attached hydrogen (secondary N) is 2. The predicted molar refractivity (Wildman–Crippen MR) is 52.5 cm³/mol. The molecule has 2 heterocycles. The zero-order chi connectivity index (χ0) is 9.10. The van der Waals surface area contributed by atoms with E-state index in [0.717, 1.165) is 25.3 Å². The number of hydrogen-bond acceptors (Lipinski definition) is 3. The van der Waals surface area contributed by atoms with Crippen LogP contribution in [-0.4, -0.2) is 24.1 Å². The maximum atomic E-state index is 4.33. The van der Waals surface area contributed by atoms with Crippen LogP contribution in [0.5, 0.6) is 0 Å². The van der Waals surface area contributed by atoms with Gasteiger partial charge in [0.25, 0.3) is 0 Å². The number of nitrogens with zero attached hydrogens (tertiary/aromatic N) is 1. The van der Waals surface area contributed by atoms with Crippen molar-refractivity contribution < 1.29 is 0 Å². The highest BCUT2D eigenvalue weighted by Crippen LogP contribution is 2.03. The second-order valence-electron chi connectivity index (χ2n) is 3.50. The van der Waals surface area contributed by atoms with Crippen molar-refractivity contribution in [3.63, 3.8) is 0 Å². The SMILES string of the molecule is Cc1cccnc1CNC1CNC1. The fourth-order valence-electron chi connectivity index (χ4n) is 1.38. The minimum Gasteiger partial charge on any atom is -0.314 e. The molecule has 0 unspecified atom stereocenters. The molecular weight excluding hydrogens is 162 g/mol. The van der Waals surface area contributed by atoms with Gasteiger partial charge in [0.05, 0.1) is 5.69 Å². The van der Waals surface area contributed by atoms with Gasteiger partial charge in [0, 0.05) is 31.9 Å². The zero-order valence-electron chi connectivity index (χ0n) is 7.88. The van der Waals surface area contributed by atoms with Gasteiger partial charge in [-0.2, -0.15) is 0 Å². The van der Waals surface area contributed by atoms with Crippen LogP contribution in [0.3, 0.4) is 0 Å². The van der Waals surface area contributed by atoms with E-state index in [4.69, 9.17) is 0 Å². The molecule has 2 N–H and O–H groups in total. The molecule has 1 aliphatic heterocycles. The minimum absolute atomic E-state index is 0.640. The molecule has 70 valence electrons. The summed E-state index contributed by atoms with van der Waals surface area (Å²) in [5.41, 5.74) is 2.43. The highest BCUT2D eigenvalue weighted by molar-refractivity contribution is 5.17. The zero-order valence-corrected chi connectivity index (χ0v) is 7.88. The van der Waals surface area contributed by atoms with Crippen molar-refractivity contribution in [2.75, 3.05) is 13.1 Å². The van der Waals surface area contributed by atoms with Crippen LogP contribution in [0, 0.1) is 6.92 Å². The lowest BCUT2D eigenvalue weighted by atomic mass is 10.1. The molecule has 1 aromatic rings. The Bertz CT molecular complexity index is 281. The molecule has 0 saturated carbocycles. The lowest BCUT2D eigenvalue weighted by Gasteiger charge is -2.28. The maximum Gasteiger partial charge on any atom is 0.0570 e. The summed E-state index contributed by atoms with van der Waals surface area (Å²) in [6.45, 7) is 5.17. The summed E-state index contributed by atoms with van der Waals surface area (Å²) < 4.78 is 0. The van der Waals surface area contributed by atoms with E-state index in [0.29, 0.717) is 6.04 Å². The van der Waals surface area contributed by atoms with Crippen molar-refractivity contribution in [1.29, 1.82) is 0 Å². The Hall–Kier alpha value is -0.930. The van der Waals surface area contributed by atoms with Gasteiger partial charge in [-0.3, -0.25) is 4.98 Å². The van der Waals surface area contributed by atoms with E-state index in [1.807, 2.05) is 12.3 Å². The highest BCUT2D eigenvalue weighted by atomic mass is 15.1. The Morgan fingerprint density at radius 1 is 1.62 bits per heavy atom. The molecule has 3 heteroatoms. The second-order valence-corrected chi connectivity index (χ2v) is 3.50. The molecule has 0 aromatic carbocycles. The van der Waals surface area contributed by atoms with Crippen LogP contribution in [0.2, 0.25) is 0 Å². The average molecular weight is 177 g/mol. The van der Waals surface area contributed by atoms with E-state index in [1.54, 1.807) is 0 Å².